The van der Waals surface area contributed by atoms with Crippen LogP contribution in [0, 0.1) is 5.92 Å². The van der Waals surface area contributed by atoms with E-state index in [4.69, 9.17) is 0 Å². The molecule has 0 aliphatic heterocycles. The fourth-order valence-corrected chi connectivity index (χ4v) is 3.33. The Balaban J connectivity index is 2.62. The minimum Gasteiger partial charge on any atom is -0.357 e. The molecule has 0 spiro atoms. The number of rotatable bonds is 6. The van der Waals surface area contributed by atoms with Crippen LogP contribution in [0.5, 0.6) is 0 Å². The molecule has 0 fully saturated rings. The van der Waals surface area contributed by atoms with Gasteiger partial charge in [0.1, 0.15) is 0 Å². The van der Waals surface area contributed by atoms with Crippen molar-refractivity contribution in [3.8, 4) is 0 Å². The second-order valence-corrected chi connectivity index (χ2v) is 7.56. The summed E-state index contributed by atoms with van der Waals surface area (Å²) in [5.41, 5.74) is -9.48. The number of carbonyl (C=O) groups is 1. The molecule has 0 bridgehead atoms. The fourth-order valence-electron chi connectivity index (χ4n) is 3.33. The molecular weight excluding hydrogens is 485 g/mol. The predicted octanol–water partition coefficient (Wildman–Crippen LogP) is 5.91. The third kappa shape index (κ3) is 5.26. The summed E-state index contributed by atoms with van der Waals surface area (Å²) in [4.78, 5) is 18.8. The molecule has 0 atom stereocenters. The number of amides is 1. The average Bonchev–Trinajstić information content (AvgIpc) is 2.67. The summed E-state index contributed by atoms with van der Waals surface area (Å²) in [7, 11) is 0.266. The number of carbonyl (C=O) groups excluding carboxylic acids is 1. The fraction of sp³-hybridized carbons (Fsp3) is 0.450. The first-order valence-electron chi connectivity index (χ1n) is 9.47. The molecule has 0 aliphatic carbocycles. The highest BCUT2D eigenvalue weighted by Gasteiger charge is 2.73. The first kappa shape index (κ1) is 27.3. The molecule has 0 aliphatic rings. The third-order valence-corrected chi connectivity index (χ3v) is 4.66. The van der Waals surface area contributed by atoms with Gasteiger partial charge < -0.3 is 10.1 Å². The molecule has 2 aromatic rings. The van der Waals surface area contributed by atoms with Crippen LogP contribution in [0.2, 0.25) is 0 Å². The summed E-state index contributed by atoms with van der Waals surface area (Å²) in [5.74, 6) is -1.84. The molecule has 0 unspecified atom stereocenters. The van der Waals surface area contributed by atoms with Crippen LogP contribution in [0.25, 0.3) is 0 Å². The van der Waals surface area contributed by atoms with E-state index < -0.39 is 58.5 Å². The summed E-state index contributed by atoms with van der Waals surface area (Å²) in [5, 5.41) is 2.01. The van der Waals surface area contributed by atoms with Crippen molar-refractivity contribution in [3.63, 3.8) is 0 Å². The number of nitrogens with one attached hydrogen (secondary N) is 1. The smallest absolute Gasteiger partial charge is 0.357 e. The van der Waals surface area contributed by atoms with Gasteiger partial charge in [-0.1, -0.05) is 19.9 Å². The molecule has 34 heavy (non-hydrogen) atoms. The highest BCUT2D eigenvalue weighted by molar-refractivity contribution is 6.03. The van der Waals surface area contributed by atoms with Crippen LogP contribution < -0.4 is 5.32 Å². The second kappa shape index (κ2) is 9.39. The minimum atomic E-state index is -5.91. The quantitative estimate of drug-likeness (QED) is 0.498. The number of anilines is 1. The van der Waals surface area contributed by atoms with Gasteiger partial charge in [0.05, 0.1) is 0 Å². The molecule has 1 amide bonds. The van der Waals surface area contributed by atoms with E-state index in [1.54, 1.807) is 0 Å². The van der Waals surface area contributed by atoms with Gasteiger partial charge in [-0.3, -0.25) is 4.79 Å². The van der Waals surface area contributed by atoms with Gasteiger partial charge in [-0.25, -0.2) is 9.97 Å². The maximum absolute atomic E-state index is 13.7. The van der Waals surface area contributed by atoms with Gasteiger partial charge >= 0.3 is 18.5 Å². The Hall–Kier alpha value is -2.90. The monoisotopic (exact) mass is 503 g/mol. The van der Waals surface area contributed by atoms with Crippen LogP contribution in [0.15, 0.2) is 30.6 Å². The van der Waals surface area contributed by atoms with Crippen LogP contribution in [0.1, 0.15) is 41.2 Å². The maximum atomic E-state index is 13.7. The summed E-state index contributed by atoms with van der Waals surface area (Å²) < 4.78 is 126. The molecule has 14 heteroatoms. The van der Waals surface area contributed by atoms with E-state index in [9.17, 15) is 44.3 Å². The number of halogens is 9. The number of ether oxygens (including phenoxy) is 1. The van der Waals surface area contributed by atoms with E-state index in [1.807, 2.05) is 5.32 Å². The van der Waals surface area contributed by atoms with E-state index in [1.165, 1.54) is 13.8 Å². The van der Waals surface area contributed by atoms with Crippen molar-refractivity contribution in [3.05, 3.63) is 53.1 Å². The van der Waals surface area contributed by atoms with Gasteiger partial charge in [0, 0.05) is 30.8 Å². The van der Waals surface area contributed by atoms with Crippen LogP contribution in [0.4, 0.5) is 45.2 Å². The Labute approximate surface area is 187 Å². The lowest BCUT2D eigenvalue weighted by Crippen LogP contribution is -2.55. The van der Waals surface area contributed by atoms with Gasteiger partial charge in [-0.15, -0.1) is 0 Å². The van der Waals surface area contributed by atoms with Crippen molar-refractivity contribution in [2.24, 2.45) is 5.92 Å². The van der Waals surface area contributed by atoms with Crippen molar-refractivity contribution in [2.75, 3.05) is 12.4 Å². The average molecular weight is 503 g/mol. The molecule has 1 N–H and O–H groups in total. The number of hydrogen-bond acceptors (Lipinski definition) is 4. The van der Waals surface area contributed by atoms with Crippen LogP contribution in [0.3, 0.4) is 0 Å². The molecular formula is C20H18F9N3O2. The highest BCUT2D eigenvalue weighted by atomic mass is 19.4. The molecule has 5 nitrogen and oxygen atoms in total. The van der Waals surface area contributed by atoms with Gasteiger partial charge in [0.15, 0.2) is 11.4 Å². The molecule has 2 rings (SSSR count). The van der Waals surface area contributed by atoms with E-state index in [-0.39, 0.29) is 19.2 Å². The number of nitrogens with zero attached hydrogens (tertiary/aromatic N) is 2. The zero-order valence-corrected chi connectivity index (χ0v) is 17.8. The summed E-state index contributed by atoms with van der Waals surface area (Å²) in [6.45, 7) is 3.06. The summed E-state index contributed by atoms with van der Waals surface area (Å²) in [6.07, 6.45) is -15.6. The Morgan fingerprint density at radius 1 is 0.971 bits per heavy atom. The summed E-state index contributed by atoms with van der Waals surface area (Å²) in [6, 6.07) is 1.99. The second-order valence-electron chi connectivity index (χ2n) is 7.56. The standard InChI is InChI=1S/C20H18F9N3O2/c1-10(2)8-11-9-12(32-16(33)14-15(18(21,22)23)31-7-6-30-14)4-5-13(11)17(34-3,19(24,25)26)20(27,28)29/h4-7,9-10H,8H2,1-3H3,(H,32,33). The van der Waals surface area contributed by atoms with Crippen molar-refractivity contribution in [1.29, 1.82) is 0 Å². The van der Waals surface area contributed by atoms with E-state index in [0.29, 0.717) is 18.3 Å². The lowest BCUT2D eigenvalue weighted by atomic mass is 9.84. The molecule has 188 valence electrons. The van der Waals surface area contributed by atoms with Crippen LogP contribution in [-0.4, -0.2) is 35.3 Å². The first-order chi connectivity index (χ1) is 15.5. The first-order valence-corrected chi connectivity index (χ1v) is 9.47. The maximum Gasteiger partial charge on any atom is 0.435 e. The van der Waals surface area contributed by atoms with Gasteiger partial charge in [-0.05, 0) is 30.0 Å². The summed E-state index contributed by atoms with van der Waals surface area (Å²) >= 11 is 0. The van der Waals surface area contributed by atoms with Crippen molar-refractivity contribution >= 4 is 11.6 Å². The molecule has 0 saturated carbocycles. The molecule has 0 saturated heterocycles. The van der Waals surface area contributed by atoms with Gasteiger partial charge in [-0.2, -0.15) is 39.5 Å². The molecule has 0 radical (unpaired) electrons. The Morgan fingerprint density at radius 2 is 1.53 bits per heavy atom. The number of alkyl halides is 9. The Kier molecular flexibility index (Phi) is 7.55. The lowest BCUT2D eigenvalue weighted by Gasteiger charge is -2.37. The predicted molar refractivity (Wildman–Crippen MR) is 101 cm³/mol. The Bertz CT molecular complexity index is 1020. The topological polar surface area (TPSA) is 64.1 Å². The normalized spacial score (nSPS) is 13.3. The van der Waals surface area contributed by atoms with Crippen molar-refractivity contribution < 1.29 is 49.0 Å². The number of hydrogen-bond donors (Lipinski definition) is 1. The third-order valence-electron chi connectivity index (χ3n) is 4.66. The molecule has 1 aromatic carbocycles. The highest BCUT2D eigenvalue weighted by Crippen LogP contribution is 2.53. The number of benzene rings is 1. The molecule has 1 aromatic heterocycles. The molecule has 1 heterocycles. The van der Waals surface area contributed by atoms with Crippen molar-refractivity contribution in [1.82, 2.24) is 9.97 Å². The number of aromatic nitrogens is 2. The number of methoxy groups -OCH3 is 1. The van der Waals surface area contributed by atoms with E-state index in [2.05, 4.69) is 14.7 Å². The Morgan fingerprint density at radius 3 is 2.00 bits per heavy atom. The zero-order valence-electron chi connectivity index (χ0n) is 17.8. The minimum absolute atomic E-state index is 0.266. The zero-order chi connectivity index (χ0) is 26.1. The SMILES string of the molecule is COC(c1ccc(NC(=O)c2nccnc2C(F)(F)F)cc1CC(C)C)(C(F)(F)F)C(F)(F)F. The van der Waals surface area contributed by atoms with Crippen molar-refractivity contribution in [2.45, 2.75) is 44.4 Å². The van der Waals surface area contributed by atoms with Gasteiger partial charge in [0.2, 0.25) is 0 Å². The van der Waals surface area contributed by atoms with Crippen LogP contribution >= 0.6 is 0 Å². The van der Waals surface area contributed by atoms with Crippen LogP contribution in [-0.2, 0) is 22.9 Å². The van der Waals surface area contributed by atoms with Gasteiger partial charge in [0.25, 0.3) is 11.5 Å². The van der Waals surface area contributed by atoms with E-state index >= 15 is 0 Å². The van der Waals surface area contributed by atoms with E-state index in [0.717, 1.165) is 12.3 Å². The largest absolute Gasteiger partial charge is 0.435 e. The lowest BCUT2D eigenvalue weighted by molar-refractivity contribution is -0.383.